The normalized spacial score (nSPS) is 11.6. The summed E-state index contributed by atoms with van der Waals surface area (Å²) in [7, 11) is -3.07. The monoisotopic (exact) mass is 218 g/mol. The lowest BCUT2D eigenvalue weighted by molar-refractivity contribution is 0.576. The van der Waals surface area contributed by atoms with E-state index in [4.69, 9.17) is 5.73 Å². The van der Waals surface area contributed by atoms with Gasteiger partial charge in [-0.2, -0.15) is 4.39 Å². The van der Waals surface area contributed by atoms with Crippen molar-refractivity contribution in [3.8, 4) is 0 Å². The molecule has 14 heavy (non-hydrogen) atoms. The first-order valence-corrected chi connectivity index (χ1v) is 6.03. The van der Waals surface area contributed by atoms with Gasteiger partial charge < -0.3 is 5.73 Å². The zero-order chi connectivity index (χ0) is 10.8. The molecule has 0 radical (unpaired) electrons. The van der Waals surface area contributed by atoms with Crippen LogP contribution in [0.15, 0.2) is 12.1 Å². The van der Waals surface area contributed by atoms with Crippen LogP contribution >= 0.6 is 0 Å². The minimum Gasteiger partial charge on any atom is -0.397 e. The summed E-state index contributed by atoms with van der Waals surface area (Å²) in [6, 6.07) is 2.51. The summed E-state index contributed by atoms with van der Waals surface area (Å²) in [5.41, 5.74) is 6.10. The predicted molar refractivity (Wildman–Crippen MR) is 52.0 cm³/mol. The molecule has 1 aromatic heterocycles. The van der Waals surface area contributed by atoms with Crippen molar-refractivity contribution in [2.75, 3.05) is 17.7 Å². The van der Waals surface area contributed by atoms with Crippen LogP contribution in [0.2, 0.25) is 0 Å². The number of halogens is 1. The lowest BCUT2D eigenvalue weighted by atomic mass is 10.2. The van der Waals surface area contributed by atoms with Gasteiger partial charge in [0.15, 0.2) is 0 Å². The van der Waals surface area contributed by atoms with Gasteiger partial charge in [-0.05, 0) is 12.1 Å². The maximum atomic E-state index is 12.7. The molecule has 0 atom stereocenters. The average molecular weight is 218 g/mol. The summed E-state index contributed by atoms with van der Waals surface area (Å²) in [4.78, 5) is 3.52. The highest BCUT2D eigenvalue weighted by Gasteiger charge is 2.07. The van der Waals surface area contributed by atoms with Crippen LogP contribution in [-0.4, -0.2) is 25.4 Å². The molecule has 0 unspecified atom stereocenters. The molecule has 6 heteroatoms. The Morgan fingerprint density at radius 1 is 1.50 bits per heavy atom. The molecule has 78 valence electrons. The number of aryl methyl sites for hydroxylation is 1. The number of nitrogen functional groups attached to an aromatic ring is 1. The summed E-state index contributed by atoms with van der Waals surface area (Å²) >= 11 is 0. The highest BCUT2D eigenvalue weighted by molar-refractivity contribution is 7.90. The van der Waals surface area contributed by atoms with Crippen molar-refractivity contribution in [3.05, 3.63) is 23.8 Å². The molecule has 0 spiro atoms. The van der Waals surface area contributed by atoms with Crippen molar-refractivity contribution in [1.29, 1.82) is 0 Å². The fourth-order valence-electron chi connectivity index (χ4n) is 0.968. The molecule has 2 N–H and O–H groups in total. The Bertz CT molecular complexity index is 431. The number of nitrogens with zero attached hydrogens (tertiary/aromatic N) is 1. The molecule has 1 heterocycles. The number of nitrogens with two attached hydrogens (primary N) is 1. The van der Waals surface area contributed by atoms with Crippen LogP contribution in [0.3, 0.4) is 0 Å². The van der Waals surface area contributed by atoms with Crippen molar-refractivity contribution in [2.24, 2.45) is 0 Å². The minimum absolute atomic E-state index is 0.0757. The van der Waals surface area contributed by atoms with Gasteiger partial charge in [0.2, 0.25) is 5.95 Å². The van der Waals surface area contributed by atoms with Crippen LogP contribution in [0.1, 0.15) is 5.69 Å². The molecule has 0 saturated heterocycles. The summed E-state index contributed by atoms with van der Waals surface area (Å²) in [5.74, 6) is -0.726. The van der Waals surface area contributed by atoms with Crippen LogP contribution < -0.4 is 5.73 Å². The van der Waals surface area contributed by atoms with E-state index in [1.165, 1.54) is 6.07 Å². The quantitative estimate of drug-likeness (QED) is 0.745. The van der Waals surface area contributed by atoms with Crippen LogP contribution in [-0.2, 0) is 16.3 Å². The van der Waals surface area contributed by atoms with Crippen molar-refractivity contribution in [2.45, 2.75) is 6.42 Å². The van der Waals surface area contributed by atoms with Crippen molar-refractivity contribution < 1.29 is 12.8 Å². The number of aromatic nitrogens is 1. The number of hydrogen-bond donors (Lipinski definition) is 1. The van der Waals surface area contributed by atoms with Crippen LogP contribution in [0.25, 0.3) is 0 Å². The second-order valence-electron chi connectivity index (χ2n) is 3.05. The molecule has 1 aromatic rings. The van der Waals surface area contributed by atoms with E-state index in [-0.39, 0.29) is 17.9 Å². The molecular weight excluding hydrogens is 207 g/mol. The predicted octanol–water partition coefficient (Wildman–Crippen LogP) is 0.390. The third kappa shape index (κ3) is 3.29. The van der Waals surface area contributed by atoms with Gasteiger partial charge in [0.05, 0.1) is 17.1 Å². The molecule has 0 aliphatic heterocycles. The second-order valence-corrected chi connectivity index (χ2v) is 5.31. The van der Waals surface area contributed by atoms with E-state index in [9.17, 15) is 12.8 Å². The first kappa shape index (κ1) is 10.9. The van der Waals surface area contributed by atoms with Gasteiger partial charge in [-0.25, -0.2) is 13.4 Å². The van der Waals surface area contributed by atoms with Crippen LogP contribution in [0.4, 0.5) is 10.1 Å². The Balaban J connectivity index is 2.81. The zero-order valence-corrected chi connectivity index (χ0v) is 8.51. The largest absolute Gasteiger partial charge is 0.397 e. The first-order chi connectivity index (χ1) is 6.38. The highest BCUT2D eigenvalue weighted by atomic mass is 32.2. The lowest BCUT2D eigenvalue weighted by Crippen LogP contribution is -2.09. The van der Waals surface area contributed by atoms with E-state index in [1.807, 2.05) is 0 Å². The molecular formula is C8H11FN2O2S. The van der Waals surface area contributed by atoms with E-state index < -0.39 is 15.8 Å². The van der Waals surface area contributed by atoms with Crippen LogP contribution in [0, 0.1) is 5.95 Å². The number of anilines is 1. The molecule has 0 amide bonds. The fourth-order valence-corrected chi connectivity index (χ4v) is 1.53. The summed E-state index contributed by atoms with van der Waals surface area (Å²) in [5, 5.41) is 0. The number of hydrogen-bond acceptors (Lipinski definition) is 4. The Morgan fingerprint density at radius 3 is 2.71 bits per heavy atom. The Morgan fingerprint density at radius 2 is 2.14 bits per heavy atom. The molecule has 4 nitrogen and oxygen atoms in total. The minimum atomic E-state index is -3.07. The Labute approximate surface area is 81.9 Å². The molecule has 0 bridgehead atoms. The molecule has 0 fully saturated rings. The van der Waals surface area contributed by atoms with Gasteiger partial charge in [0.1, 0.15) is 9.84 Å². The number of sulfone groups is 1. The molecule has 0 aliphatic carbocycles. The van der Waals surface area contributed by atoms with Gasteiger partial charge >= 0.3 is 0 Å². The maximum absolute atomic E-state index is 12.7. The number of rotatable bonds is 3. The van der Waals surface area contributed by atoms with Gasteiger partial charge in [-0.3, -0.25) is 0 Å². The first-order valence-electron chi connectivity index (χ1n) is 3.97. The Kier molecular flexibility index (Phi) is 3.05. The molecule has 1 rings (SSSR count). The average Bonchev–Trinajstić information content (AvgIpc) is 2.05. The standard InChI is InChI=1S/C8H11FN2O2S/c1-14(12,13)5-4-7-6(10)2-3-8(9)11-7/h2-3H,4-5,10H2,1H3. The van der Waals surface area contributed by atoms with Crippen LogP contribution in [0.5, 0.6) is 0 Å². The fraction of sp³-hybridized carbons (Fsp3) is 0.375. The van der Waals surface area contributed by atoms with Gasteiger partial charge in [0.25, 0.3) is 0 Å². The molecule has 0 aliphatic rings. The third-order valence-corrected chi connectivity index (χ3v) is 2.63. The zero-order valence-electron chi connectivity index (χ0n) is 7.70. The van der Waals surface area contributed by atoms with Crippen molar-refractivity contribution in [3.63, 3.8) is 0 Å². The summed E-state index contributed by atoms with van der Waals surface area (Å²) in [6.45, 7) is 0. The van der Waals surface area contributed by atoms with Gasteiger partial charge in [-0.1, -0.05) is 0 Å². The van der Waals surface area contributed by atoms with Gasteiger partial charge in [-0.15, -0.1) is 0 Å². The highest BCUT2D eigenvalue weighted by Crippen LogP contribution is 2.10. The van der Waals surface area contributed by atoms with E-state index in [0.717, 1.165) is 12.3 Å². The van der Waals surface area contributed by atoms with E-state index in [2.05, 4.69) is 4.98 Å². The SMILES string of the molecule is CS(=O)(=O)CCc1nc(F)ccc1N. The summed E-state index contributed by atoms with van der Waals surface area (Å²) in [6.07, 6.45) is 1.25. The smallest absolute Gasteiger partial charge is 0.213 e. The maximum Gasteiger partial charge on any atom is 0.213 e. The van der Waals surface area contributed by atoms with Crippen molar-refractivity contribution >= 4 is 15.5 Å². The lowest BCUT2D eigenvalue weighted by Gasteiger charge is -2.03. The Hall–Kier alpha value is -1.17. The van der Waals surface area contributed by atoms with Crippen molar-refractivity contribution in [1.82, 2.24) is 4.98 Å². The topological polar surface area (TPSA) is 73.0 Å². The van der Waals surface area contributed by atoms with E-state index >= 15 is 0 Å². The van der Waals surface area contributed by atoms with E-state index in [1.54, 1.807) is 0 Å². The molecule has 0 saturated carbocycles. The second kappa shape index (κ2) is 3.91. The number of pyridine rings is 1. The van der Waals surface area contributed by atoms with E-state index in [0.29, 0.717) is 5.69 Å². The summed E-state index contributed by atoms with van der Waals surface area (Å²) < 4.78 is 34.3. The third-order valence-electron chi connectivity index (χ3n) is 1.69. The molecule has 0 aromatic carbocycles. The van der Waals surface area contributed by atoms with Gasteiger partial charge in [0, 0.05) is 12.7 Å².